The molecule has 0 aromatic heterocycles. The number of ether oxygens (including phenoxy) is 1. The van der Waals surface area contributed by atoms with Crippen LogP contribution in [0.1, 0.15) is 44.9 Å². The van der Waals surface area contributed by atoms with Gasteiger partial charge in [-0.15, -0.1) is 0 Å². The lowest BCUT2D eigenvalue weighted by Crippen LogP contribution is -2.33. The van der Waals surface area contributed by atoms with Gasteiger partial charge >= 0.3 is 0 Å². The highest BCUT2D eigenvalue weighted by atomic mass is 16.5. The van der Waals surface area contributed by atoms with Gasteiger partial charge in [-0.1, -0.05) is 32.0 Å². The number of benzene rings is 1. The van der Waals surface area contributed by atoms with Gasteiger partial charge in [0.2, 0.25) is 0 Å². The molecule has 1 aliphatic heterocycles. The third kappa shape index (κ3) is 2.68. The molecule has 1 heterocycles. The number of hydrogen-bond acceptors (Lipinski definition) is 3. The highest BCUT2D eigenvalue weighted by Gasteiger charge is 2.32. The molecular weight excluding hydrogens is 224 g/mol. The highest BCUT2D eigenvalue weighted by molar-refractivity contribution is 5.47. The summed E-state index contributed by atoms with van der Waals surface area (Å²) in [6.45, 7) is 9.11. The molecule has 0 bridgehead atoms. The third-order valence-electron chi connectivity index (χ3n) is 3.27. The summed E-state index contributed by atoms with van der Waals surface area (Å²) in [6, 6.07) is 6.94. The van der Waals surface area contributed by atoms with Crippen LogP contribution in [-0.4, -0.2) is 18.2 Å². The minimum Gasteiger partial charge on any atom is -0.487 e. The summed E-state index contributed by atoms with van der Waals surface area (Å²) >= 11 is 0. The second kappa shape index (κ2) is 4.90. The largest absolute Gasteiger partial charge is 0.487 e. The molecule has 0 saturated carbocycles. The van der Waals surface area contributed by atoms with Crippen LogP contribution in [0.25, 0.3) is 0 Å². The fourth-order valence-electron chi connectivity index (χ4n) is 2.60. The van der Waals surface area contributed by atoms with Gasteiger partial charge in [0.25, 0.3) is 0 Å². The number of para-hydroxylation sites is 1. The summed E-state index contributed by atoms with van der Waals surface area (Å²) < 4.78 is 6.09. The lowest BCUT2D eigenvalue weighted by atomic mass is 9.98. The summed E-state index contributed by atoms with van der Waals surface area (Å²) in [5, 5.41) is 3.50. The molecule has 1 aromatic carbocycles. The van der Waals surface area contributed by atoms with E-state index in [1.54, 1.807) is 0 Å². The average Bonchev–Trinajstić information content (AvgIpc) is 2.59. The molecule has 0 aliphatic carbocycles. The monoisotopic (exact) mass is 248 g/mol. The zero-order valence-electron chi connectivity index (χ0n) is 11.8. The van der Waals surface area contributed by atoms with E-state index in [0.717, 1.165) is 12.2 Å². The van der Waals surface area contributed by atoms with Gasteiger partial charge in [-0.2, -0.15) is 0 Å². The Labute approximate surface area is 110 Å². The van der Waals surface area contributed by atoms with Crippen molar-refractivity contribution in [3.8, 4) is 5.75 Å². The lowest BCUT2D eigenvalue weighted by Gasteiger charge is -2.23. The SMILES string of the molecule is CC(C)NC(CN)c1cccc2c1OC(C)(C)C2. The van der Waals surface area contributed by atoms with E-state index in [1.165, 1.54) is 11.1 Å². The molecule has 0 amide bonds. The standard InChI is InChI=1S/C15H24N2O/c1-10(2)17-13(9-16)12-7-5-6-11-8-15(3,4)18-14(11)12/h5-7,10,13,17H,8-9,16H2,1-4H3. The molecule has 0 spiro atoms. The maximum atomic E-state index is 6.09. The normalized spacial score (nSPS) is 18.6. The molecule has 100 valence electrons. The second-order valence-corrected chi connectivity index (χ2v) is 5.98. The molecule has 3 nitrogen and oxygen atoms in total. The van der Waals surface area contributed by atoms with Gasteiger partial charge in [-0.3, -0.25) is 0 Å². The zero-order chi connectivity index (χ0) is 13.3. The van der Waals surface area contributed by atoms with E-state index in [4.69, 9.17) is 10.5 Å². The van der Waals surface area contributed by atoms with Crippen molar-refractivity contribution in [2.75, 3.05) is 6.54 Å². The Hall–Kier alpha value is -1.06. The Morgan fingerprint density at radius 1 is 1.39 bits per heavy atom. The van der Waals surface area contributed by atoms with Gasteiger partial charge in [-0.25, -0.2) is 0 Å². The molecular formula is C15H24N2O. The van der Waals surface area contributed by atoms with Crippen LogP contribution in [0.15, 0.2) is 18.2 Å². The van der Waals surface area contributed by atoms with Crippen LogP contribution in [0.5, 0.6) is 5.75 Å². The van der Waals surface area contributed by atoms with Crippen LogP contribution in [0, 0.1) is 0 Å². The van der Waals surface area contributed by atoms with Gasteiger partial charge in [0.05, 0.1) is 0 Å². The van der Waals surface area contributed by atoms with Crippen LogP contribution < -0.4 is 15.8 Å². The Morgan fingerprint density at radius 3 is 2.72 bits per heavy atom. The van der Waals surface area contributed by atoms with Crippen molar-refractivity contribution in [1.29, 1.82) is 0 Å². The fraction of sp³-hybridized carbons (Fsp3) is 0.600. The number of hydrogen-bond donors (Lipinski definition) is 2. The van der Waals surface area contributed by atoms with Crippen LogP contribution >= 0.6 is 0 Å². The number of nitrogens with one attached hydrogen (secondary N) is 1. The summed E-state index contributed by atoms with van der Waals surface area (Å²) in [7, 11) is 0. The van der Waals surface area contributed by atoms with Crippen molar-refractivity contribution < 1.29 is 4.74 Å². The summed E-state index contributed by atoms with van der Waals surface area (Å²) in [5.74, 6) is 1.03. The van der Waals surface area contributed by atoms with Gasteiger partial charge in [-0.05, 0) is 19.4 Å². The van der Waals surface area contributed by atoms with Gasteiger partial charge in [0.1, 0.15) is 11.4 Å². The Morgan fingerprint density at radius 2 is 2.11 bits per heavy atom. The van der Waals surface area contributed by atoms with E-state index in [9.17, 15) is 0 Å². The molecule has 1 aromatic rings. The molecule has 18 heavy (non-hydrogen) atoms. The van der Waals surface area contributed by atoms with Gasteiger partial charge in [0.15, 0.2) is 0 Å². The topological polar surface area (TPSA) is 47.3 Å². The van der Waals surface area contributed by atoms with Crippen molar-refractivity contribution in [1.82, 2.24) is 5.32 Å². The minimum absolute atomic E-state index is 0.102. The number of nitrogens with two attached hydrogens (primary N) is 1. The Balaban J connectivity index is 2.33. The third-order valence-corrected chi connectivity index (χ3v) is 3.27. The Bertz CT molecular complexity index is 427. The predicted octanol–water partition coefficient (Wildman–Crippen LogP) is 2.40. The molecule has 1 atom stereocenters. The van der Waals surface area contributed by atoms with E-state index in [0.29, 0.717) is 12.6 Å². The maximum absolute atomic E-state index is 6.09. The maximum Gasteiger partial charge on any atom is 0.128 e. The molecule has 1 aliphatic rings. The van der Waals surface area contributed by atoms with Crippen molar-refractivity contribution in [3.63, 3.8) is 0 Å². The first-order valence-electron chi connectivity index (χ1n) is 6.70. The van der Waals surface area contributed by atoms with Crippen LogP contribution in [-0.2, 0) is 6.42 Å². The average molecular weight is 248 g/mol. The van der Waals surface area contributed by atoms with Crippen molar-refractivity contribution in [2.45, 2.75) is 51.8 Å². The molecule has 1 unspecified atom stereocenters. The predicted molar refractivity (Wildman–Crippen MR) is 74.9 cm³/mol. The first-order valence-corrected chi connectivity index (χ1v) is 6.70. The Kier molecular flexibility index (Phi) is 3.64. The first kappa shape index (κ1) is 13.4. The highest BCUT2D eigenvalue weighted by Crippen LogP contribution is 2.39. The van der Waals surface area contributed by atoms with Crippen molar-refractivity contribution in [3.05, 3.63) is 29.3 Å². The smallest absolute Gasteiger partial charge is 0.128 e. The van der Waals surface area contributed by atoms with E-state index < -0.39 is 0 Å². The van der Waals surface area contributed by atoms with Crippen LogP contribution in [0.3, 0.4) is 0 Å². The molecule has 0 radical (unpaired) electrons. The minimum atomic E-state index is -0.102. The van der Waals surface area contributed by atoms with E-state index >= 15 is 0 Å². The quantitative estimate of drug-likeness (QED) is 0.860. The zero-order valence-corrected chi connectivity index (χ0v) is 11.8. The summed E-state index contributed by atoms with van der Waals surface area (Å²) in [5.41, 5.74) is 8.28. The molecule has 3 heteroatoms. The number of rotatable bonds is 4. The van der Waals surface area contributed by atoms with Crippen LogP contribution in [0.2, 0.25) is 0 Å². The lowest BCUT2D eigenvalue weighted by molar-refractivity contribution is 0.136. The molecule has 0 saturated heterocycles. The summed E-state index contributed by atoms with van der Waals surface area (Å²) in [4.78, 5) is 0. The second-order valence-electron chi connectivity index (χ2n) is 5.98. The van der Waals surface area contributed by atoms with E-state index in [1.807, 2.05) is 0 Å². The van der Waals surface area contributed by atoms with Crippen molar-refractivity contribution >= 4 is 0 Å². The fourth-order valence-corrected chi connectivity index (χ4v) is 2.60. The first-order chi connectivity index (χ1) is 8.43. The van der Waals surface area contributed by atoms with E-state index in [2.05, 4.69) is 51.2 Å². The summed E-state index contributed by atoms with van der Waals surface area (Å²) in [6.07, 6.45) is 0.967. The van der Waals surface area contributed by atoms with Crippen LogP contribution in [0.4, 0.5) is 0 Å². The van der Waals surface area contributed by atoms with Gasteiger partial charge in [0, 0.05) is 30.6 Å². The van der Waals surface area contributed by atoms with Crippen molar-refractivity contribution in [2.24, 2.45) is 5.73 Å². The molecule has 2 rings (SSSR count). The van der Waals surface area contributed by atoms with E-state index in [-0.39, 0.29) is 11.6 Å². The molecule has 0 fully saturated rings. The molecule has 3 N–H and O–H groups in total. The number of fused-ring (bicyclic) bond motifs is 1. The van der Waals surface area contributed by atoms with Gasteiger partial charge < -0.3 is 15.8 Å².